The Morgan fingerprint density at radius 2 is 1.33 bits per heavy atom. The topological polar surface area (TPSA) is 129 Å². The van der Waals surface area contributed by atoms with Crippen molar-refractivity contribution in [3.63, 3.8) is 0 Å². The molecule has 0 radical (unpaired) electrons. The van der Waals surface area contributed by atoms with Gasteiger partial charge in [0.2, 0.25) is 5.91 Å². The standard InChI is InChI=1S/C17H29N3O7/c18-4-7-24-9-11-26-13-14-27-12-10-25-8-5-19-15(21)3-6-20-16(22)1-2-17(20)23/h1-2H,3-14,18H2,(H,19,21). The summed E-state index contributed by atoms with van der Waals surface area (Å²) < 4.78 is 21.1. The van der Waals surface area contributed by atoms with E-state index in [0.717, 1.165) is 4.90 Å². The van der Waals surface area contributed by atoms with Crippen molar-refractivity contribution in [3.8, 4) is 0 Å². The van der Waals surface area contributed by atoms with Crippen LogP contribution in [0.25, 0.3) is 0 Å². The van der Waals surface area contributed by atoms with Gasteiger partial charge >= 0.3 is 0 Å². The van der Waals surface area contributed by atoms with Crippen molar-refractivity contribution in [1.29, 1.82) is 0 Å². The third-order valence-corrected chi connectivity index (χ3v) is 3.41. The number of carbonyl (C=O) groups excluding carboxylic acids is 3. The second-order valence-electron chi connectivity index (χ2n) is 5.50. The lowest BCUT2D eigenvalue weighted by Crippen LogP contribution is -2.35. The first kappa shape index (κ1) is 23.2. The van der Waals surface area contributed by atoms with Gasteiger partial charge in [-0.15, -0.1) is 0 Å². The minimum absolute atomic E-state index is 0.0690. The van der Waals surface area contributed by atoms with Gasteiger partial charge in [-0.1, -0.05) is 0 Å². The number of hydrogen-bond acceptors (Lipinski definition) is 8. The van der Waals surface area contributed by atoms with Crippen LogP contribution in [0.1, 0.15) is 6.42 Å². The summed E-state index contributed by atoms with van der Waals surface area (Å²) in [5.41, 5.74) is 5.28. The molecule has 0 fully saturated rings. The molecule has 0 unspecified atom stereocenters. The van der Waals surface area contributed by atoms with Crippen molar-refractivity contribution in [2.75, 3.05) is 72.5 Å². The summed E-state index contributed by atoms with van der Waals surface area (Å²) in [5.74, 6) is -1.02. The highest BCUT2D eigenvalue weighted by atomic mass is 16.6. The maximum absolute atomic E-state index is 11.6. The van der Waals surface area contributed by atoms with Crippen molar-refractivity contribution in [1.82, 2.24) is 10.2 Å². The molecule has 1 aliphatic heterocycles. The third kappa shape index (κ3) is 11.5. The fourth-order valence-corrected chi connectivity index (χ4v) is 2.06. The van der Waals surface area contributed by atoms with Gasteiger partial charge in [-0.2, -0.15) is 0 Å². The lowest BCUT2D eigenvalue weighted by Gasteiger charge is -2.13. The van der Waals surface area contributed by atoms with Gasteiger partial charge in [0.15, 0.2) is 0 Å². The van der Waals surface area contributed by atoms with E-state index in [1.165, 1.54) is 12.2 Å². The van der Waals surface area contributed by atoms with Crippen LogP contribution >= 0.6 is 0 Å². The molecule has 0 saturated carbocycles. The van der Waals surface area contributed by atoms with Crippen molar-refractivity contribution in [3.05, 3.63) is 12.2 Å². The Bertz CT molecular complexity index is 467. The second kappa shape index (κ2) is 15.2. The molecule has 0 saturated heterocycles. The van der Waals surface area contributed by atoms with Crippen LogP contribution in [-0.2, 0) is 33.3 Å². The minimum atomic E-state index is -0.388. The summed E-state index contributed by atoms with van der Waals surface area (Å²) in [6.45, 7) is 4.66. The maximum Gasteiger partial charge on any atom is 0.253 e. The zero-order valence-electron chi connectivity index (χ0n) is 15.5. The highest BCUT2D eigenvalue weighted by Gasteiger charge is 2.23. The molecule has 0 aliphatic carbocycles. The average molecular weight is 387 g/mol. The van der Waals surface area contributed by atoms with Crippen molar-refractivity contribution in [2.24, 2.45) is 5.73 Å². The predicted molar refractivity (Wildman–Crippen MR) is 95.8 cm³/mol. The Morgan fingerprint density at radius 1 is 0.852 bits per heavy atom. The van der Waals surface area contributed by atoms with E-state index in [9.17, 15) is 14.4 Å². The van der Waals surface area contributed by atoms with E-state index in [-0.39, 0.29) is 30.7 Å². The Labute approximate surface area is 158 Å². The van der Waals surface area contributed by atoms with E-state index >= 15 is 0 Å². The van der Waals surface area contributed by atoms with E-state index in [1.54, 1.807) is 0 Å². The van der Waals surface area contributed by atoms with E-state index in [4.69, 9.17) is 24.7 Å². The fraction of sp³-hybridized carbons (Fsp3) is 0.706. The highest BCUT2D eigenvalue weighted by Crippen LogP contribution is 2.03. The second-order valence-corrected chi connectivity index (χ2v) is 5.50. The Hall–Kier alpha value is -1.85. The largest absolute Gasteiger partial charge is 0.378 e. The van der Waals surface area contributed by atoms with Gasteiger partial charge in [0.05, 0.1) is 52.9 Å². The minimum Gasteiger partial charge on any atom is -0.378 e. The molecular weight excluding hydrogens is 358 g/mol. The van der Waals surface area contributed by atoms with Gasteiger partial charge < -0.3 is 30.0 Å². The summed E-state index contributed by atoms with van der Waals surface area (Å²) in [4.78, 5) is 35.3. The smallest absolute Gasteiger partial charge is 0.253 e. The molecule has 10 heteroatoms. The highest BCUT2D eigenvalue weighted by molar-refractivity contribution is 6.13. The Morgan fingerprint density at radius 3 is 1.85 bits per heavy atom. The van der Waals surface area contributed by atoms with E-state index < -0.39 is 0 Å². The number of nitrogens with one attached hydrogen (secondary N) is 1. The summed E-state index contributed by atoms with van der Waals surface area (Å²) in [5, 5.41) is 2.66. The predicted octanol–water partition coefficient (Wildman–Crippen LogP) is -1.56. The van der Waals surface area contributed by atoms with Crippen molar-refractivity contribution >= 4 is 17.7 Å². The lowest BCUT2D eigenvalue weighted by atomic mass is 10.3. The van der Waals surface area contributed by atoms with Gasteiger partial charge in [0, 0.05) is 38.2 Å². The molecule has 0 atom stereocenters. The van der Waals surface area contributed by atoms with Crippen LogP contribution < -0.4 is 11.1 Å². The Kier molecular flexibility index (Phi) is 13.1. The molecule has 154 valence electrons. The number of ether oxygens (including phenoxy) is 4. The normalized spacial score (nSPS) is 13.6. The molecule has 3 amide bonds. The third-order valence-electron chi connectivity index (χ3n) is 3.41. The first-order chi connectivity index (χ1) is 13.1. The van der Waals surface area contributed by atoms with Crippen molar-refractivity contribution < 1.29 is 33.3 Å². The molecule has 10 nitrogen and oxygen atoms in total. The quantitative estimate of drug-likeness (QED) is 0.226. The van der Waals surface area contributed by atoms with E-state index in [0.29, 0.717) is 65.9 Å². The molecule has 0 aromatic heterocycles. The molecule has 1 heterocycles. The average Bonchev–Trinajstić information content (AvgIpc) is 2.98. The summed E-state index contributed by atoms with van der Waals surface area (Å²) in [7, 11) is 0. The molecular formula is C17H29N3O7. The molecule has 1 rings (SSSR count). The summed E-state index contributed by atoms with van der Waals surface area (Å²) >= 11 is 0. The van der Waals surface area contributed by atoms with Gasteiger partial charge in [-0.05, 0) is 0 Å². The van der Waals surface area contributed by atoms with Gasteiger partial charge in [-0.25, -0.2) is 0 Å². The molecule has 1 aliphatic rings. The van der Waals surface area contributed by atoms with Crippen molar-refractivity contribution in [2.45, 2.75) is 6.42 Å². The van der Waals surface area contributed by atoms with E-state index in [2.05, 4.69) is 5.32 Å². The number of hydrogen-bond donors (Lipinski definition) is 2. The van der Waals surface area contributed by atoms with Gasteiger partial charge in [-0.3, -0.25) is 19.3 Å². The molecule has 0 bridgehead atoms. The van der Waals surface area contributed by atoms with Crippen LogP contribution in [-0.4, -0.2) is 95.1 Å². The van der Waals surface area contributed by atoms with Crippen LogP contribution in [0.4, 0.5) is 0 Å². The first-order valence-electron chi connectivity index (χ1n) is 8.96. The van der Waals surface area contributed by atoms with E-state index in [1.807, 2.05) is 0 Å². The number of imide groups is 1. The van der Waals surface area contributed by atoms with Gasteiger partial charge in [0.1, 0.15) is 0 Å². The number of rotatable bonds is 17. The SMILES string of the molecule is NCCOCCOCCOCCOCCNC(=O)CCN1C(=O)C=CC1=O. The number of nitrogens with zero attached hydrogens (tertiary/aromatic N) is 1. The molecule has 27 heavy (non-hydrogen) atoms. The number of amides is 3. The molecule has 0 spiro atoms. The summed E-state index contributed by atoms with van der Waals surface area (Å²) in [6, 6.07) is 0. The van der Waals surface area contributed by atoms with Crippen LogP contribution in [0.2, 0.25) is 0 Å². The van der Waals surface area contributed by atoms with Crippen LogP contribution in [0.3, 0.4) is 0 Å². The zero-order chi connectivity index (χ0) is 19.7. The molecule has 0 aromatic rings. The zero-order valence-corrected chi connectivity index (χ0v) is 15.5. The monoisotopic (exact) mass is 387 g/mol. The maximum atomic E-state index is 11.6. The Balaban J connectivity index is 1.81. The summed E-state index contributed by atoms with van der Waals surface area (Å²) in [6.07, 6.45) is 2.46. The van der Waals surface area contributed by atoms with Gasteiger partial charge in [0.25, 0.3) is 11.8 Å². The fourth-order valence-electron chi connectivity index (χ4n) is 2.06. The van der Waals surface area contributed by atoms with Crippen LogP contribution in [0, 0.1) is 0 Å². The first-order valence-corrected chi connectivity index (χ1v) is 8.96. The lowest BCUT2D eigenvalue weighted by molar-refractivity contribution is -0.137. The molecule has 3 N–H and O–H groups in total. The van der Waals surface area contributed by atoms with Crippen LogP contribution in [0.15, 0.2) is 12.2 Å². The van der Waals surface area contributed by atoms with Crippen LogP contribution in [0.5, 0.6) is 0 Å². The number of nitrogens with two attached hydrogens (primary N) is 1. The number of carbonyl (C=O) groups is 3. The molecule has 0 aromatic carbocycles.